The molecule has 1 aliphatic heterocycles. The van der Waals surface area contributed by atoms with Crippen molar-refractivity contribution < 1.29 is 9.18 Å². The summed E-state index contributed by atoms with van der Waals surface area (Å²) < 4.78 is 19.8. The molecule has 0 saturated heterocycles. The lowest BCUT2D eigenvalue weighted by atomic mass is 9.93. The predicted molar refractivity (Wildman–Crippen MR) is 90.3 cm³/mol. The van der Waals surface area contributed by atoms with Crippen molar-refractivity contribution in [2.24, 2.45) is 12.8 Å². The van der Waals surface area contributed by atoms with Crippen molar-refractivity contribution in [1.82, 2.24) is 9.13 Å². The van der Waals surface area contributed by atoms with E-state index in [1.807, 2.05) is 22.2 Å². The van der Waals surface area contributed by atoms with Gasteiger partial charge in [0.15, 0.2) is 4.77 Å². The first-order valence-electron chi connectivity index (χ1n) is 7.37. The highest BCUT2D eigenvalue weighted by Gasteiger charge is 2.63. The van der Waals surface area contributed by atoms with Crippen molar-refractivity contribution in [2.45, 2.75) is 30.7 Å². The van der Waals surface area contributed by atoms with Gasteiger partial charge in [0.1, 0.15) is 5.82 Å². The minimum atomic E-state index is -0.379. The van der Waals surface area contributed by atoms with Crippen LogP contribution in [0.1, 0.15) is 29.3 Å². The average Bonchev–Trinajstić information content (AvgIpc) is 3.05. The first kappa shape index (κ1) is 15.1. The average molecular weight is 396 g/mol. The van der Waals surface area contributed by atoms with E-state index in [4.69, 9.17) is 18.0 Å². The van der Waals surface area contributed by atoms with Gasteiger partial charge in [-0.1, -0.05) is 15.9 Å². The van der Waals surface area contributed by atoms with Crippen LogP contribution in [0.3, 0.4) is 0 Å². The molecule has 2 aromatic rings. The molecule has 2 atom stereocenters. The van der Waals surface area contributed by atoms with Crippen molar-refractivity contribution in [3.8, 4) is 0 Å². The van der Waals surface area contributed by atoms with Gasteiger partial charge in [0, 0.05) is 40.8 Å². The number of rotatable bonds is 3. The van der Waals surface area contributed by atoms with Crippen molar-refractivity contribution in [3.05, 3.63) is 50.2 Å². The molecule has 1 amide bonds. The van der Waals surface area contributed by atoms with Gasteiger partial charge in [0.05, 0.1) is 6.42 Å². The third-order valence-corrected chi connectivity index (χ3v) is 6.15. The molecule has 2 aliphatic rings. The van der Waals surface area contributed by atoms with Gasteiger partial charge >= 0.3 is 0 Å². The Kier molecular flexibility index (Phi) is 3.13. The van der Waals surface area contributed by atoms with Crippen LogP contribution >= 0.6 is 28.1 Å². The van der Waals surface area contributed by atoms with Crippen molar-refractivity contribution in [2.75, 3.05) is 0 Å². The van der Waals surface area contributed by atoms with Crippen molar-refractivity contribution in [1.29, 1.82) is 0 Å². The van der Waals surface area contributed by atoms with Crippen LogP contribution in [0.5, 0.6) is 0 Å². The molecular weight excluding hydrogens is 381 g/mol. The van der Waals surface area contributed by atoms with Crippen molar-refractivity contribution in [3.63, 3.8) is 0 Å². The van der Waals surface area contributed by atoms with E-state index in [0.29, 0.717) is 11.3 Å². The smallest absolute Gasteiger partial charge is 0.223 e. The molecule has 0 spiro atoms. The molecule has 1 aromatic heterocycles. The van der Waals surface area contributed by atoms with Crippen LogP contribution in [-0.4, -0.2) is 15.0 Å². The monoisotopic (exact) mass is 395 g/mol. The molecule has 4 nitrogen and oxygen atoms in total. The number of nitrogens with two attached hydrogens (primary N) is 1. The molecule has 120 valence electrons. The Bertz CT molecular complexity index is 919. The summed E-state index contributed by atoms with van der Waals surface area (Å²) in [4.78, 5) is 11.4. The van der Waals surface area contributed by atoms with Crippen LogP contribution < -0.4 is 5.73 Å². The number of carbonyl (C=O) groups is 1. The SMILES string of the molecule is Cn1c(CC(N)=O)c2n(c1=S)C[C@@]1(c3cc(Br)ccc3F)C[C@@H]21. The van der Waals surface area contributed by atoms with Gasteiger partial charge in [0.2, 0.25) is 5.91 Å². The summed E-state index contributed by atoms with van der Waals surface area (Å²) >= 11 is 8.92. The number of carbonyl (C=O) groups excluding carboxylic acids is 1. The van der Waals surface area contributed by atoms with Crippen molar-refractivity contribution >= 4 is 34.1 Å². The molecule has 1 aliphatic carbocycles. The lowest BCUT2D eigenvalue weighted by Gasteiger charge is -2.15. The second kappa shape index (κ2) is 4.77. The minimum absolute atomic E-state index is 0.163. The van der Waals surface area contributed by atoms with Crippen LogP contribution in [0.25, 0.3) is 0 Å². The maximum atomic E-state index is 14.4. The maximum absolute atomic E-state index is 14.4. The van der Waals surface area contributed by atoms with E-state index >= 15 is 0 Å². The number of fused-ring (bicyclic) bond motifs is 3. The maximum Gasteiger partial charge on any atom is 0.223 e. The second-order valence-corrected chi connectivity index (χ2v) is 7.72. The molecule has 1 fully saturated rings. The zero-order chi connectivity index (χ0) is 16.5. The largest absolute Gasteiger partial charge is 0.369 e. The molecular formula is C16H15BrFN3OS. The fraction of sp³-hybridized carbons (Fsp3) is 0.375. The zero-order valence-corrected chi connectivity index (χ0v) is 14.9. The Balaban J connectivity index is 1.84. The highest BCUT2D eigenvalue weighted by atomic mass is 79.9. The molecule has 23 heavy (non-hydrogen) atoms. The fourth-order valence-corrected chi connectivity index (χ4v) is 4.66. The predicted octanol–water partition coefficient (Wildman–Crippen LogP) is 2.92. The first-order chi connectivity index (χ1) is 10.8. The Morgan fingerprint density at radius 3 is 3.00 bits per heavy atom. The summed E-state index contributed by atoms with van der Waals surface area (Å²) in [5.41, 5.74) is 7.78. The summed E-state index contributed by atoms with van der Waals surface area (Å²) in [7, 11) is 1.86. The number of benzene rings is 1. The molecule has 2 heterocycles. The van der Waals surface area contributed by atoms with Crippen LogP contribution in [0.15, 0.2) is 22.7 Å². The number of hydrogen-bond donors (Lipinski definition) is 1. The number of halogens is 2. The summed E-state index contributed by atoms with van der Waals surface area (Å²) in [5.74, 6) is -0.368. The van der Waals surface area contributed by atoms with E-state index < -0.39 is 0 Å². The van der Waals surface area contributed by atoms with Gasteiger partial charge in [-0.25, -0.2) is 4.39 Å². The molecule has 1 aromatic carbocycles. The second-order valence-electron chi connectivity index (χ2n) is 6.44. The van der Waals surface area contributed by atoms with Crippen LogP contribution in [-0.2, 0) is 30.2 Å². The molecule has 4 rings (SSSR count). The topological polar surface area (TPSA) is 52.9 Å². The molecule has 7 heteroatoms. The Morgan fingerprint density at radius 2 is 2.30 bits per heavy atom. The summed E-state index contributed by atoms with van der Waals surface area (Å²) in [5, 5.41) is 0. The molecule has 0 bridgehead atoms. The number of nitrogens with zero attached hydrogens (tertiary/aromatic N) is 2. The van der Waals surface area contributed by atoms with E-state index in [9.17, 15) is 9.18 Å². The zero-order valence-electron chi connectivity index (χ0n) is 12.5. The first-order valence-corrected chi connectivity index (χ1v) is 8.57. The van der Waals surface area contributed by atoms with E-state index in [1.165, 1.54) is 6.07 Å². The van der Waals surface area contributed by atoms with E-state index in [2.05, 4.69) is 15.9 Å². The molecule has 2 N–H and O–H groups in total. The van der Waals surface area contributed by atoms with Crippen LogP contribution in [0, 0.1) is 10.6 Å². The number of hydrogen-bond acceptors (Lipinski definition) is 2. The lowest BCUT2D eigenvalue weighted by molar-refractivity contribution is -0.117. The third kappa shape index (κ3) is 1.99. The fourth-order valence-electron chi connectivity index (χ4n) is 4.03. The highest BCUT2D eigenvalue weighted by Crippen LogP contribution is 2.66. The Hall–Kier alpha value is -1.47. The Labute approximate surface area is 146 Å². The standard InChI is InChI=1S/C16H15BrFN3OS/c1-20-12(5-13(19)22)14-10-6-16(10,7-21(14)15(20)23)9-4-8(17)2-3-11(9)18/h2-4,10H,5-7H2,1H3,(H2,19,22)/t10-,16+/m0/s1. The highest BCUT2D eigenvalue weighted by molar-refractivity contribution is 9.10. The summed E-state index contributed by atoms with van der Waals surface area (Å²) in [6, 6.07) is 5.06. The molecule has 0 unspecified atom stereocenters. The lowest BCUT2D eigenvalue weighted by Crippen LogP contribution is -2.17. The number of imidazole rings is 1. The van der Waals surface area contributed by atoms with E-state index in [0.717, 1.165) is 27.8 Å². The molecule has 0 radical (unpaired) electrons. The van der Waals surface area contributed by atoms with E-state index in [-0.39, 0.29) is 29.5 Å². The van der Waals surface area contributed by atoms with Gasteiger partial charge in [0.25, 0.3) is 0 Å². The normalized spacial score (nSPS) is 24.4. The van der Waals surface area contributed by atoms with Gasteiger partial charge in [-0.2, -0.15) is 0 Å². The van der Waals surface area contributed by atoms with Gasteiger partial charge < -0.3 is 14.9 Å². The van der Waals surface area contributed by atoms with Crippen LogP contribution in [0.2, 0.25) is 0 Å². The number of amides is 1. The summed E-state index contributed by atoms with van der Waals surface area (Å²) in [6.07, 6.45) is 1.04. The van der Waals surface area contributed by atoms with E-state index in [1.54, 1.807) is 6.07 Å². The minimum Gasteiger partial charge on any atom is -0.369 e. The van der Waals surface area contributed by atoms with Gasteiger partial charge in [-0.05, 0) is 42.4 Å². The number of aromatic nitrogens is 2. The quantitative estimate of drug-likeness (QED) is 0.812. The Morgan fingerprint density at radius 1 is 1.57 bits per heavy atom. The van der Waals surface area contributed by atoms with Gasteiger partial charge in [-0.15, -0.1) is 0 Å². The molecule has 1 saturated carbocycles. The van der Waals surface area contributed by atoms with Crippen LogP contribution in [0.4, 0.5) is 4.39 Å². The van der Waals surface area contributed by atoms with Gasteiger partial charge in [-0.3, -0.25) is 4.79 Å². The summed E-state index contributed by atoms with van der Waals surface area (Å²) in [6.45, 7) is 0.659. The number of primary amides is 1. The third-order valence-electron chi connectivity index (χ3n) is 5.16.